The van der Waals surface area contributed by atoms with E-state index in [0.29, 0.717) is 22.2 Å². The lowest BCUT2D eigenvalue weighted by Crippen LogP contribution is -2.32. The summed E-state index contributed by atoms with van der Waals surface area (Å²) in [6.45, 7) is 2.05. The van der Waals surface area contributed by atoms with Crippen LogP contribution in [0.1, 0.15) is 18.5 Å². The number of fused-ring (bicyclic) bond motifs is 1. The zero-order valence-corrected chi connectivity index (χ0v) is 16.8. The lowest BCUT2D eigenvalue weighted by molar-refractivity contribution is -0.120. The number of halogens is 1. The molecule has 1 unspecified atom stereocenters. The molecule has 0 radical (unpaired) electrons. The van der Waals surface area contributed by atoms with Gasteiger partial charge < -0.3 is 20.1 Å². The van der Waals surface area contributed by atoms with Gasteiger partial charge in [-0.2, -0.15) is 0 Å². The number of benzene rings is 3. The highest BCUT2D eigenvalue weighted by Gasteiger charge is 2.13. The van der Waals surface area contributed by atoms with Crippen molar-refractivity contribution in [2.75, 3.05) is 26.1 Å². The van der Waals surface area contributed by atoms with E-state index in [1.807, 2.05) is 25.1 Å². The Morgan fingerprint density at radius 1 is 1.00 bits per heavy atom. The number of anilines is 1. The number of amides is 1. The third-order valence-electron chi connectivity index (χ3n) is 4.56. The highest BCUT2D eigenvalue weighted by molar-refractivity contribution is 6.33. The summed E-state index contributed by atoms with van der Waals surface area (Å²) in [5.74, 6) is 0.943. The van der Waals surface area contributed by atoms with E-state index in [4.69, 9.17) is 21.1 Å². The van der Waals surface area contributed by atoms with Crippen molar-refractivity contribution in [1.82, 2.24) is 5.32 Å². The Morgan fingerprint density at radius 3 is 2.39 bits per heavy atom. The van der Waals surface area contributed by atoms with Crippen molar-refractivity contribution in [3.63, 3.8) is 0 Å². The SMILES string of the molecule is COc1cc(Cl)c(NCC(=O)NC(C)c2ccc3ccccc3c2)cc1OC. The molecule has 0 bridgehead atoms. The normalized spacial score (nSPS) is 11.7. The molecule has 0 heterocycles. The third-order valence-corrected chi connectivity index (χ3v) is 4.88. The predicted octanol–water partition coefficient (Wildman–Crippen LogP) is 4.80. The molecule has 0 fully saturated rings. The van der Waals surface area contributed by atoms with Crippen LogP contribution in [0.4, 0.5) is 5.69 Å². The van der Waals surface area contributed by atoms with Gasteiger partial charge in [-0.05, 0) is 29.3 Å². The van der Waals surface area contributed by atoms with Gasteiger partial charge in [-0.1, -0.05) is 48.0 Å². The Bertz CT molecular complexity index is 991. The van der Waals surface area contributed by atoms with E-state index in [0.717, 1.165) is 10.9 Å². The van der Waals surface area contributed by atoms with Crippen LogP contribution in [0.25, 0.3) is 10.8 Å². The summed E-state index contributed by atoms with van der Waals surface area (Å²) >= 11 is 6.25. The number of nitrogens with one attached hydrogen (secondary N) is 2. The maximum absolute atomic E-state index is 12.4. The fourth-order valence-electron chi connectivity index (χ4n) is 3.02. The van der Waals surface area contributed by atoms with E-state index < -0.39 is 0 Å². The highest BCUT2D eigenvalue weighted by atomic mass is 35.5. The van der Waals surface area contributed by atoms with Gasteiger partial charge in [0.05, 0.1) is 37.5 Å². The largest absolute Gasteiger partial charge is 0.493 e. The van der Waals surface area contributed by atoms with Crippen LogP contribution < -0.4 is 20.1 Å². The van der Waals surface area contributed by atoms with Gasteiger partial charge in [-0.15, -0.1) is 0 Å². The molecule has 3 aromatic carbocycles. The van der Waals surface area contributed by atoms with E-state index in [9.17, 15) is 4.79 Å². The maximum Gasteiger partial charge on any atom is 0.239 e. The number of methoxy groups -OCH3 is 2. The van der Waals surface area contributed by atoms with Crippen molar-refractivity contribution in [3.8, 4) is 11.5 Å². The monoisotopic (exact) mass is 398 g/mol. The molecule has 0 aliphatic heterocycles. The van der Waals surface area contributed by atoms with Gasteiger partial charge in [-0.25, -0.2) is 0 Å². The first-order valence-electron chi connectivity index (χ1n) is 8.95. The average molecular weight is 399 g/mol. The molecule has 3 aromatic rings. The molecule has 146 valence electrons. The molecular formula is C22H23ClN2O3. The van der Waals surface area contributed by atoms with Crippen molar-refractivity contribution < 1.29 is 14.3 Å². The summed E-state index contributed by atoms with van der Waals surface area (Å²) in [4.78, 5) is 12.4. The minimum Gasteiger partial charge on any atom is -0.493 e. The number of carbonyl (C=O) groups excluding carboxylic acids is 1. The van der Waals surface area contributed by atoms with Crippen LogP contribution >= 0.6 is 11.6 Å². The molecule has 2 N–H and O–H groups in total. The molecule has 1 atom stereocenters. The number of ether oxygens (including phenoxy) is 2. The number of carbonyl (C=O) groups is 1. The van der Waals surface area contributed by atoms with Gasteiger partial charge in [0.2, 0.25) is 5.91 Å². The second-order valence-corrected chi connectivity index (χ2v) is 6.84. The fraction of sp³-hybridized carbons (Fsp3) is 0.227. The van der Waals surface area contributed by atoms with E-state index in [1.54, 1.807) is 26.4 Å². The van der Waals surface area contributed by atoms with Gasteiger partial charge in [0.25, 0.3) is 0 Å². The molecular weight excluding hydrogens is 376 g/mol. The zero-order valence-electron chi connectivity index (χ0n) is 16.1. The number of hydrogen-bond donors (Lipinski definition) is 2. The third kappa shape index (κ3) is 4.49. The van der Waals surface area contributed by atoms with Crippen molar-refractivity contribution in [2.24, 2.45) is 0 Å². The second kappa shape index (κ2) is 8.85. The van der Waals surface area contributed by atoms with Crippen LogP contribution in [0.3, 0.4) is 0 Å². The Hall–Kier alpha value is -2.92. The van der Waals surface area contributed by atoms with Crippen molar-refractivity contribution in [3.05, 3.63) is 65.2 Å². The second-order valence-electron chi connectivity index (χ2n) is 6.44. The molecule has 1 amide bonds. The summed E-state index contributed by atoms with van der Waals surface area (Å²) in [6, 6.07) is 17.6. The van der Waals surface area contributed by atoms with Crippen LogP contribution in [0.15, 0.2) is 54.6 Å². The first kappa shape index (κ1) is 19.8. The summed E-state index contributed by atoms with van der Waals surface area (Å²) in [6.07, 6.45) is 0. The van der Waals surface area contributed by atoms with E-state index in [1.165, 1.54) is 5.39 Å². The van der Waals surface area contributed by atoms with E-state index in [-0.39, 0.29) is 18.5 Å². The Kier molecular flexibility index (Phi) is 6.26. The van der Waals surface area contributed by atoms with Gasteiger partial charge in [-0.3, -0.25) is 4.79 Å². The number of rotatable bonds is 7. The molecule has 0 aliphatic carbocycles. The van der Waals surface area contributed by atoms with Crippen LogP contribution in [0, 0.1) is 0 Å². The summed E-state index contributed by atoms with van der Waals surface area (Å²) in [5.41, 5.74) is 1.66. The van der Waals surface area contributed by atoms with Crippen molar-refractivity contribution in [2.45, 2.75) is 13.0 Å². The van der Waals surface area contributed by atoms with Crippen molar-refractivity contribution >= 4 is 34.0 Å². The Morgan fingerprint density at radius 2 is 1.68 bits per heavy atom. The Labute approximate surface area is 169 Å². The minimum atomic E-state index is -0.133. The van der Waals surface area contributed by atoms with Gasteiger partial charge in [0, 0.05) is 12.1 Å². The molecule has 28 heavy (non-hydrogen) atoms. The first-order chi connectivity index (χ1) is 13.5. The van der Waals surface area contributed by atoms with Gasteiger partial charge in [0.1, 0.15) is 0 Å². The maximum atomic E-state index is 12.4. The van der Waals surface area contributed by atoms with Crippen LogP contribution in [0.5, 0.6) is 11.5 Å². The fourth-order valence-corrected chi connectivity index (χ4v) is 3.24. The standard InChI is InChI=1S/C22H23ClN2O3/c1-14(16-9-8-15-6-4-5-7-17(15)10-16)25-22(26)13-24-19-12-21(28-3)20(27-2)11-18(19)23/h4-12,14,24H,13H2,1-3H3,(H,25,26). The highest BCUT2D eigenvalue weighted by Crippen LogP contribution is 2.35. The lowest BCUT2D eigenvalue weighted by atomic mass is 10.0. The molecule has 0 saturated carbocycles. The van der Waals surface area contributed by atoms with Crippen LogP contribution in [-0.2, 0) is 4.79 Å². The minimum absolute atomic E-state index is 0.0904. The Balaban J connectivity index is 1.63. The zero-order chi connectivity index (χ0) is 20.1. The van der Waals surface area contributed by atoms with Crippen LogP contribution in [-0.4, -0.2) is 26.7 Å². The van der Waals surface area contributed by atoms with Crippen LogP contribution in [0.2, 0.25) is 5.02 Å². The smallest absolute Gasteiger partial charge is 0.239 e. The van der Waals surface area contributed by atoms with E-state index in [2.05, 4.69) is 34.9 Å². The number of hydrogen-bond acceptors (Lipinski definition) is 4. The topological polar surface area (TPSA) is 59.6 Å². The summed E-state index contributed by atoms with van der Waals surface area (Å²) < 4.78 is 10.5. The van der Waals surface area contributed by atoms with E-state index >= 15 is 0 Å². The molecule has 0 spiro atoms. The quantitative estimate of drug-likeness (QED) is 0.600. The molecule has 0 aliphatic rings. The molecule has 0 aromatic heterocycles. The molecule has 0 saturated heterocycles. The van der Waals surface area contributed by atoms with Gasteiger partial charge in [0.15, 0.2) is 11.5 Å². The predicted molar refractivity (Wildman–Crippen MR) is 114 cm³/mol. The molecule has 5 nitrogen and oxygen atoms in total. The van der Waals surface area contributed by atoms with Crippen molar-refractivity contribution in [1.29, 1.82) is 0 Å². The molecule has 6 heteroatoms. The molecule has 3 rings (SSSR count). The summed E-state index contributed by atoms with van der Waals surface area (Å²) in [7, 11) is 3.09. The average Bonchev–Trinajstić information content (AvgIpc) is 2.72. The first-order valence-corrected chi connectivity index (χ1v) is 9.33. The lowest BCUT2D eigenvalue weighted by Gasteiger charge is -2.17. The van der Waals surface area contributed by atoms with Gasteiger partial charge >= 0.3 is 0 Å². The summed E-state index contributed by atoms with van der Waals surface area (Å²) in [5, 5.41) is 8.82.